The second-order valence-corrected chi connectivity index (χ2v) is 3.71. The topological polar surface area (TPSA) is 53.4 Å². The summed E-state index contributed by atoms with van der Waals surface area (Å²) in [5.41, 5.74) is 1.63. The highest BCUT2D eigenvalue weighted by atomic mass is 32.1. The molecule has 0 spiro atoms. The number of rotatable bonds is 2. The number of hydrogen-bond acceptors (Lipinski definition) is 4. The maximum atomic E-state index is 9.10. The van der Waals surface area contributed by atoms with Gasteiger partial charge in [-0.05, 0) is 24.3 Å². The van der Waals surface area contributed by atoms with Crippen LogP contribution in [-0.2, 0) is 6.61 Å². The molecule has 0 aliphatic carbocycles. The van der Waals surface area contributed by atoms with Crippen LogP contribution in [0.25, 0.3) is 10.6 Å². The van der Waals surface area contributed by atoms with E-state index in [4.69, 9.17) is 10.2 Å². The predicted molar refractivity (Wildman–Crippen MR) is 55.1 cm³/mol. The average Bonchev–Trinajstić information content (AvgIpc) is 2.67. The van der Waals surface area contributed by atoms with Crippen LogP contribution in [0.2, 0.25) is 0 Å². The summed E-state index contributed by atoms with van der Waals surface area (Å²) in [5.74, 6) is 0.243. The van der Waals surface area contributed by atoms with Crippen LogP contribution in [-0.4, -0.2) is 15.2 Å². The van der Waals surface area contributed by atoms with Gasteiger partial charge in [0.05, 0.1) is 12.3 Å². The van der Waals surface area contributed by atoms with Gasteiger partial charge in [0.2, 0.25) is 0 Å². The van der Waals surface area contributed by atoms with Gasteiger partial charge in [-0.2, -0.15) is 0 Å². The number of aromatic hydroxyl groups is 1. The molecule has 1 heterocycles. The highest BCUT2D eigenvalue weighted by Crippen LogP contribution is 2.25. The zero-order chi connectivity index (χ0) is 9.97. The fraction of sp³-hybridized carbons (Fsp3) is 0.100. The summed E-state index contributed by atoms with van der Waals surface area (Å²) in [6.45, 7) is -0.0332. The molecule has 0 unspecified atom stereocenters. The maximum Gasteiger partial charge on any atom is 0.123 e. The van der Waals surface area contributed by atoms with E-state index in [0.29, 0.717) is 5.69 Å². The fourth-order valence-corrected chi connectivity index (χ4v) is 1.93. The Morgan fingerprint density at radius 1 is 1.21 bits per heavy atom. The van der Waals surface area contributed by atoms with Gasteiger partial charge in [-0.15, -0.1) is 11.3 Å². The lowest BCUT2D eigenvalue weighted by Gasteiger charge is -1.95. The maximum absolute atomic E-state index is 9.10. The average molecular weight is 207 g/mol. The number of phenolic OH excluding ortho intramolecular Hbond substituents is 1. The van der Waals surface area contributed by atoms with Gasteiger partial charge < -0.3 is 10.2 Å². The largest absolute Gasteiger partial charge is 0.508 e. The van der Waals surface area contributed by atoms with Gasteiger partial charge in [0.1, 0.15) is 10.8 Å². The minimum Gasteiger partial charge on any atom is -0.508 e. The van der Waals surface area contributed by atoms with Gasteiger partial charge in [-0.25, -0.2) is 4.98 Å². The second-order valence-electron chi connectivity index (χ2n) is 2.85. The van der Waals surface area contributed by atoms with E-state index in [1.807, 2.05) is 5.38 Å². The lowest BCUT2D eigenvalue weighted by molar-refractivity contribution is 0.278. The van der Waals surface area contributed by atoms with Crippen LogP contribution in [0.3, 0.4) is 0 Å². The van der Waals surface area contributed by atoms with Crippen molar-refractivity contribution in [1.29, 1.82) is 0 Å². The van der Waals surface area contributed by atoms with Crippen LogP contribution >= 0.6 is 11.3 Å². The van der Waals surface area contributed by atoms with Crippen molar-refractivity contribution < 1.29 is 10.2 Å². The van der Waals surface area contributed by atoms with Gasteiger partial charge >= 0.3 is 0 Å². The van der Waals surface area contributed by atoms with Crippen LogP contribution in [0.5, 0.6) is 5.75 Å². The number of benzene rings is 1. The zero-order valence-corrected chi connectivity index (χ0v) is 8.16. The van der Waals surface area contributed by atoms with Gasteiger partial charge in [0.15, 0.2) is 0 Å². The number of phenols is 1. The SMILES string of the molecule is OCc1csc(-c2ccc(O)cc2)n1. The molecule has 0 fully saturated rings. The Bertz CT molecular complexity index is 422. The minimum absolute atomic E-state index is 0.0332. The number of aromatic nitrogens is 1. The first-order chi connectivity index (χ1) is 6.79. The number of aliphatic hydroxyl groups is 1. The van der Waals surface area contributed by atoms with E-state index < -0.39 is 0 Å². The van der Waals surface area contributed by atoms with Crippen molar-refractivity contribution in [2.45, 2.75) is 6.61 Å². The molecule has 2 rings (SSSR count). The first kappa shape index (κ1) is 9.18. The van der Waals surface area contributed by atoms with Gasteiger partial charge in [-0.1, -0.05) is 0 Å². The molecule has 14 heavy (non-hydrogen) atoms. The van der Waals surface area contributed by atoms with Crippen molar-refractivity contribution in [2.75, 3.05) is 0 Å². The summed E-state index contributed by atoms with van der Waals surface area (Å²) < 4.78 is 0. The van der Waals surface area contributed by atoms with Gasteiger partial charge in [0.25, 0.3) is 0 Å². The second kappa shape index (κ2) is 3.77. The van der Waals surface area contributed by atoms with E-state index in [2.05, 4.69) is 4.98 Å². The lowest BCUT2D eigenvalue weighted by Crippen LogP contribution is -1.82. The first-order valence-corrected chi connectivity index (χ1v) is 5.02. The van der Waals surface area contributed by atoms with Crippen molar-refractivity contribution in [1.82, 2.24) is 4.98 Å². The van der Waals surface area contributed by atoms with Crippen molar-refractivity contribution in [2.24, 2.45) is 0 Å². The molecule has 4 heteroatoms. The summed E-state index contributed by atoms with van der Waals surface area (Å²) in [6, 6.07) is 6.84. The van der Waals surface area contributed by atoms with E-state index >= 15 is 0 Å². The third-order valence-corrected chi connectivity index (χ3v) is 2.77. The molecule has 3 nitrogen and oxygen atoms in total. The van der Waals surface area contributed by atoms with Crippen molar-refractivity contribution in [3.8, 4) is 16.3 Å². The van der Waals surface area contributed by atoms with Crippen molar-refractivity contribution >= 4 is 11.3 Å². The Balaban J connectivity index is 2.34. The molecule has 0 saturated carbocycles. The smallest absolute Gasteiger partial charge is 0.123 e. The summed E-state index contributed by atoms with van der Waals surface area (Å²) in [4.78, 5) is 4.22. The number of nitrogens with zero attached hydrogens (tertiary/aromatic N) is 1. The molecule has 0 aliphatic rings. The normalized spacial score (nSPS) is 10.4. The molecule has 0 atom stereocenters. The van der Waals surface area contributed by atoms with Gasteiger partial charge in [0, 0.05) is 10.9 Å². The van der Waals surface area contributed by atoms with E-state index in [0.717, 1.165) is 10.6 Å². The summed E-state index contributed by atoms with van der Waals surface area (Å²) >= 11 is 1.48. The molecule has 2 N–H and O–H groups in total. The van der Waals surface area contributed by atoms with Crippen molar-refractivity contribution in [3.05, 3.63) is 35.3 Å². The molecule has 0 amide bonds. The van der Waals surface area contributed by atoms with Gasteiger partial charge in [-0.3, -0.25) is 0 Å². The molecule has 72 valence electrons. The van der Waals surface area contributed by atoms with Crippen LogP contribution in [0.1, 0.15) is 5.69 Å². The Hall–Kier alpha value is -1.39. The Kier molecular flexibility index (Phi) is 2.47. The van der Waals surface area contributed by atoms with Crippen LogP contribution in [0, 0.1) is 0 Å². The van der Waals surface area contributed by atoms with E-state index in [9.17, 15) is 0 Å². The molecule has 1 aromatic carbocycles. The minimum atomic E-state index is -0.0332. The molecule has 0 radical (unpaired) electrons. The Morgan fingerprint density at radius 3 is 2.50 bits per heavy atom. The number of thiazole rings is 1. The highest BCUT2D eigenvalue weighted by molar-refractivity contribution is 7.13. The standard InChI is InChI=1S/C10H9NO2S/c12-5-8-6-14-10(11-8)7-1-3-9(13)4-2-7/h1-4,6,12-13H,5H2. The number of hydrogen-bond donors (Lipinski definition) is 2. The molecule has 0 aliphatic heterocycles. The molecule has 0 bridgehead atoms. The lowest BCUT2D eigenvalue weighted by atomic mass is 10.2. The van der Waals surface area contributed by atoms with Crippen LogP contribution in [0.4, 0.5) is 0 Å². The summed E-state index contributed by atoms with van der Waals surface area (Å²) in [5, 5.41) is 20.6. The molecular formula is C10H9NO2S. The van der Waals surface area contributed by atoms with Crippen molar-refractivity contribution in [3.63, 3.8) is 0 Å². The van der Waals surface area contributed by atoms with Crippen LogP contribution in [0.15, 0.2) is 29.6 Å². The highest BCUT2D eigenvalue weighted by Gasteiger charge is 2.03. The zero-order valence-electron chi connectivity index (χ0n) is 7.34. The van der Waals surface area contributed by atoms with E-state index in [1.54, 1.807) is 24.3 Å². The molecule has 2 aromatic rings. The van der Waals surface area contributed by atoms with E-state index in [-0.39, 0.29) is 12.4 Å². The molecule has 0 saturated heterocycles. The number of aliphatic hydroxyl groups excluding tert-OH is 1. The third-order valence-electron chi connectivity index (χ3n) is 1.83. The van der Waals surface area contributed by atoms with Crippen LogP contribution < -0.4 is 0 Å². The Labute approximate surface area is 85.3 Å². The summed E-state index contributed by atoms with van der Waals surface area (Å²) in [7, 11) is 0. The quantitative estimate of drug-likeness (QED) is 0.792. The molecule has 1 aromatic heterocycles. The molecular weight excluding hydrogens is 198 g/mol. The Morgan fingerprint density at radius 2 is 1.93 bits per heavy atom. The third kappa shape index (κ3) is 1.76. The summed E-state index contributed by atoms with van der Waals surface area (Å²) in [6.07, 6.45) is 0. The first-order valence-electron chi connectivity index (χ1n) is 4.14. The van der Waals surface area contributed by atoms with E-state index in [1.165, 1.54) is 11.3 Å². The monoisotopic (exact) mass is 207 g/mol. The fourth-order valence-electron chi connectivity index (χ4n) is 1.12. The predicted octanol–water partition coefficient (Wildman–Crippen LogP) is 2.01.